The third kappa shape index (κ3) is 2.84. The van der Waals surface area contributed by atoms with Crippen molar-refractivity contribution >= 4 is 34.4 Å². The molecule has 6 atom stereocenters. The van der Waals surface area contributed by atoms with Gasteiger partial charge in [-0.25, -0.2) is 0 Å². The van der Waals surface area contributed by atoms with Gasteiger partial charge in [-0.1, -0.05) is 48.0 Å². The van der Waals surface area contributed by atoms with E-state index >= 15 is 0 Å². The fraction of sp³-hybridized carbons (Fsp3) is 0.429. The lowest BCUT2D eigenvalue weighted by atomic mass is 9.57. The molecule has 4 amide bonds. The summed E-state index contributed by atoms with van der Waals surface area (Å²) in [4.78, 5) is 55.8. The third-order valence-corrected chi connectivity index (χ3v) is 8.73. The Morgan fingerprint density at radius 3 is 2.17 bits per heavy atom. The van der Waals surface area contributed by atoms with Crippen LogP contribution in [-0.2, 0) is 19.2 Å². The Morgan fingerprint density at radius 1 is 0.800 bits per heavy atom. The fourth-order valence-corrected chi connectivity index (χ4v) is 7.21. The highest BCUT2D eigenvalue weighted by molar-refractivity contribution is 6.08. The van der Waals surface area contributed by atoms with Crippen molar-refractivity contribution in [3.8, 4) is 5.75 Å². The Morgan fingerprint density at radius 2 is 1.46 bits per heavy atom. The van der Waals surface area contributed by atoms with E-state index in [0.29, 0.717) is 30.3 Å². The van der Waals surface area contributed by atoms with Gasteiger partial charge in [0.1, 0.15) is 5.75 Å². The van der Waals surface area contributed by atoms with Gasteiger partial charge in [0.15, 0.2) is 0 Å². The average Bonchev–Trinajstić information content (AvgIpc) is 3.26. The molecule has 2 aromatic carbocycles. The molecule has 1 saturated carbocycles. The second kappa shape index (κ2) is 7.77. The number of likely N-dealkylation sites (tertiary alicyclic amines) is 2. The van der Waals surface area contributed by atoms with Crippen LogP contribution in [0.25, 0.3) is 10.8 Å². The van der Waals surface area contributed by atoms with E-state index in [2.05, 4.69) is 0 Å². The first-order chi connectivity index (χ1) is 16.9. The Bertz CT molecular complexity index is 1330. The quantitative estimate of drug-likeness (QED) is 0.547. The SMILES string of the molecule is CCN1C(=O)[C@H]2[C@H](CC=C3[C@H]2C[C@H]2C(=O)N(CC)C(=O)[C@H]2[C@H]3c2ccc3ccccc3c2O)C1=O. The number of hydrogen-bond donors (Lipinski definition) is 1. The minimum Gasteiger partial charge on any atom is -0.507 e. The summed E-state index contributed by atoms with van der Waals surface area (Å²) in [5.74, 6) is -3.61. The van der Waals surface area contributed by atoms with Crippen molar-refractivity contribution in [3.05, 3.63) is 53.6 Å². The summed E-state index contributed by atoms with van der Waals surface area (Å²) in [6, 6.07) is 11.3. The molecule has 4 aliphatic rings. The molecule has 7 nitrogen and oxygen atoms in total. The van der Waals surface area contributed by atoms with E-state index in [1.807, 2.05) is 42.5 Å². The minimum atomic E-state index is -0.622. The highest BCUT2D eigenvalue weighted by Gasteiger charge is 2.61. The normalized spacial score (nSPS) is 32.1. The predicted molar refractivity (Wildman–Crippen MR) is 128 cm³/mol. The van der Waals surface area contributed by atoms with Crippen molar-refractivity contribution in [2.45, 2.75) is 32.6 Å². The lowest BCUT2D eigenvalue weighted by Crippen LogP contribution is -2.43. The van der Waals surface area contributed by atoms with Crippen molar-refractivity contribution in [2.75, 3.05) is 13.1 Å². The zero-order valence-electron chi connectivity index (χ0n) is 19.8. The van der Waals surface area contributed by atoms with Crippen molar-refractivity contribution in [3.63, 3.8) is 0 Å². The maximum atomic E-state index is 13.5. The Hall–Kier alpha value is -3.48. The lowest BCUT2D eigenvalue weighted by molar-refractivity contribution is -0.141. The van der Waals surface area contributed by atoms with E-state index in [0.717, 1.165) is 11.0 Å². The van der Waals surface area contributed by atoms with Crippen molar-refractivity contribution in [1.82, 2.24) is 9.80 Å². The molecule has 6 rings (SSSR count). The highest BCUT2D eigenvalue weighted by Crippen LogP contribution is 2.59. The van der Waals surface area contributed by atoms with Gasteiger partial charge in [0.05, 0.1) is 23.7 Å². The summed E-state index contributed by atoms with van der Waals surface area (Å²) >= 11 is 0. The molecule has 7 heteroatoms. The number of nitrogens with zero attached hydrogens (tertiary/aromatic N) is 2. The molecule has 0 bridgehead atoms. The van der Waals surface area contributed by atoms with Gasteiger partial charge >= 0.3 is 0 Å². The zero-order valence-corrected chi connectivity index (χ0v) is 19.8. The molecule has 2 aliphatic heterocycles. The van der Waals surface area contributed by atoms with Crippen LogP contribution in [0.4, 0.5) is 0 Å². The lowest BCUT2D eigenvalue weighted by Gasteiger charge is -2.44. The van der Waals surface area contributed by atoms with Gasteiger partial charge in [0, 0.05) is 30.0 Å². The minimum absolute atomic E-state index is 0.106. The van der Waals surface area contributed by atoms with Crippen LogP contribution in [-0.4, -0.2) is 51.6 Å². The number of allylic oxidation sites excluding steroid dienone is 2. The highest BCUT2D eigenvalue weighted by atomic mass is 16.3. The second-order valence-corrected chi connectivity index (χ2v) is 10.1. The Kier molecular flexibility index (Phi) is 4.88. The van der Waals surface area contributed by atoms with Crippen LogP contribution in [0.3, 0.4) is 0 Å². The van der Waals surface area contributed by atoms with Crippen LogP contribution in [0, 0.1) is 29.6 Å². The number of imide groups is 2. The molecule has 0 spiro atoms. The van der Waals surface area contributed by atoms with E-state index in [9.17, 15) is 24.3 Å². The summed E-state index contributed by atoms with van der Waals surface area (Å²) < 4.78 is 0. The van der Waals surface area contributed by atoms with Crippen LogP contribution in [0.15, 0.2) is 48.0 Å². The van der Waals surface area contributed by atoms with Crippen molar-refractivity contribution < 1.29 is 24.3 Å². The molecule has 2 saturated heterocycles. The largest absolute Gasteiger partial charge is 0.507 e. The van der Waals surface area contributed by atoms with Gasteiger partial charge in [-0.15, -0.1) is 0 Å². The molecular weight excluding hydrogens is 444 g/mol. The van der Waals surface area contributed by atoms with Crippen molar-refractivity contribution in [1.29, 1.82) is 0 Å². The number of carbonyl (C=O) groups excluding carboxylic acids is 4. The molecule has 0 radical (unpaired) electrons. The average molecular weight is 473 g/mol. The van der Waals surface area contributed by atoms with Gasteiger partial charge < -0.3 is 5.11 Å². The summed E-state index contributed by atoms with van der Waals surface area (Å²) in [7, 11) is 0. The molecular formula is C28H28N2O5. The number of carbonyl (C=O) groups is 4. The third-order valence-electron chi connectivity index (χ3n) is 8.73. The molecule has 2 aliphatic carbocycles. The summed E-state index contributed by atoms with van der Waals surface area (Å²) in [6.45, 7) is 4.20. The maximum Gasteiger partial charge on any atom is 0.234 e. The van der Waals surface area contributed by atoms with Crippen LogP contribution in [0.1, 0.15) is 38.2 Å². The fourth-order valence-electron chi connectivity index (χ4n) is 7.21. The molecule has 2 aromatic rings. The summed E-state index contributed by atoms with van der Waals surface area (Å²) in [6.07, 6.45) is 2.82. The number of fused-ring (bicyclic) bond motifs is 5. The van der Waals surface area contributed by atoms with E-state index in [-0.39, 0.29) is 41.8 Å². The Balaban J connectivity index is 1.54. The number of rotatable bonds is 3. The van der Waals surface area contributed by atoms with Gasteiger partial charge in [-0.05, 0) is 38.0 Å². The second-order valence-electron chi connectivity index (χ2n) is 10.1. The molecule has 3 fully saturated rings. The summed E-state index contributed by atoms with van der Waals surface area (Å²) in [5.41, 5.74) is 1.52. The topological polar surface area (TPSA) is 95.0 Å². The molecule has 180 valence electrons. The number of phenols is 1. The van der Waals surface area contributed by atoms with E-state index in [1.165, 1.54) is 9.80 Å². The van der Waals surface area contributed by atoms with Crippen LogP contribution >= 0.6 is 0 Å². The molecule has 2 heterocycles. The van der Waals surface area contributed by atoms with E-state index in [4.69, 9.17) is 0 Å². The van der Waals surface area contributed by atoms with Crippen molar-refractivity contribution in [2.24, 2.45) is 29.6 Å². The number of hydrogen-bond acceptors (Lipinski definition) is 5. The van der Waals surface area contributed by atoms with Crippen LogP contribution in [0.2, 0.25) is 0 Å². The van der Waals surface area contributed by atoms with E-state index < -0.39 is 29.6 Å². The first-order valence-electron chi connectivity index (χ1n) is 12.5. The number of benzene rings is 2. The van der Waals surface area contributed by atoms with Gasteiger partial charge in [-0.3, -0.25) is 29.0 Å². The monoisotopic (exact) mass is 472 g/mol. The van der Waals surface area contributed by atoms with Crippen LogP contribution < -0.4 is 0 Å². The predicted octanol–water partition coefficient (Wildman–Crippen LogP) is 3.22. The number of aromatic hydroxyl groups is 1. The maximum absolute atomic E-state index is 13.5. The summed E-state index contributed by atoms with van der Waals surface area (Å²) in [5, 5.41) is 13.0. The number of amides is 4. The standard InChI is InChI=1S/C28H28N2O5/c1-3-29-25(32)18-12-11-16-19(22(18)27(29)34)13-20-23(28(35)30(4-2)26(20)33)21(16)17-10-9-14-7-5-6-8-15(14)24(17)31/h5-11,18-23,31H,3-4,12-13H2,1-2H3/t18-,19+,20+,21+,22-,23+/m0/s1. The molecule has 1 N–H and O–H groups in total. The number of phenolic OH excluding ortho intramolecular Hbond substituents is 1. The van der Waals surface area contributed by atoms with E-state index in [1.54, 1.807) is 13.8 Å². The first kappa shape index (κ1) is 22.0. The van der Waals surface area contributed by atoms with Gasteiger partial charge in [-0.2, -0.15) is 0 Å². The molecule has 0 aromatic heterocycles. The Labute approximate surface area is 203 Å². The molecule has 0 unspecified atom stereocenters. The first-order valence-corrected chi connectivity index (χ1v) is 12.5. The molecule has 35 heavy (non-hydrogen) atoms. The smallest absolute Gasteiger partial charge is 0.234 e. The van der Waals surface area contributed by atoms with Gasteiger partial charge in [0.25, 0.3) is 0 Å². The van der Waals surface area contributed by atoms with Crippen LogP contribution in [0.5, 0.6) is 5.75 Å². The zero-order chi connectivity index (χ0) is 24.6. The van der Waals surface area contributed by atoms with Gasteiger partial charge in [0.2, 0.25) is 23.6 Å².